The predicted octanol–water partition coefficient (Wildman–Crippen LogP) is 1.75. The second-order valence-electron chi connectivity index (χ2n) is 5.45. The van der Waals surface area contributed by atoms with Gasteiger partial charge in [0.05, 0.1) is 17.8 Å². The van der Waals surface area contributed by atoms with Crippen molar-refractivity contribution in [3.05, 3.63) is 23.4 Å². The minimum atomic E-state index is -0.926. The summed E-state index contributed by atoms with van der Waals surface area (Å²) in [4.78, 5) is 4.09. The number of nitrogen functional groups attached to an aromatic ring is 1. The summed E-state index contributed by atoms with van der Waals surface area (Å²) in [6.45, 7) is 6.46. The lowest BCUT2D eigenvalue weighted by Crippen LogP contribution is -2.44. The fraction of sp³-hybridized carbons (Fsp3) is 0.615. The Hall–Kier alpha value is -1.13. The van der Waals surface area contributed by atoms with Crippen LogP contribution in [0.3, 0.4) is 0 Å². The summed E-state index contributed by atoms with van der Waals surface area (Å²) in [7, 11) is 0. The largest absolute Gasteiger partial charge is 0.385 e. The van der Waals surface area contributed by atoms with Gasteiger partial charge in [-0.1, -0.05) is 0 Å². The van der Waals surface area contributed by atoms with Crippen LogP contribution in [0.1, 0.15) is 37.8 Å². The van der Waals surface area contributed by atoms with Crippen LogP contribution in [0.4, 0.5) is 5.82 Å². The lowest BCUT2D eigenvalue weighted by molar-refractivity contribution is -0.148. The third kappa shape index (κ3) is 2.28. The van der Waals surface area contributed by atoms with Crippen molar-refractivity contribution in [2.45, 2.75) is 44.8 Å². The Balaban J connectivity index is 2.44. The Morgan fingerprint density at radius 3 is 2.76 bits per heavy atom. The fourth-order valence-electron chi connectivity index (χ4n) is 2.74. The molecule has 0 amide bonds. The van der Waals surface area contributed by atoms with Gasteiger partial charge in [0, 0.05) is 24.6 Å². The molecule has 0 aliphatic carbocycles. The van der Waals surface area contributed by atoms with Crippen molar-refractivity contribution in [2.75, 3.05) is 12.3 Å². The van der Waals surface area contributed by atoms with Crippen LogP contribution in [0.5, 0.6) is 0 Å². The summed E-state index contributed by atoms with van der Waals surface area (Å²) in [6.07, 6.45) is 2.77. The first kappa shape index (κ1) is 12.3. The molecule has 94 valence electrons. The number of aromatic nitrogens is 1. The second-order valence-corrected chi connectivity index (χ2v) is 5.45. The zero-order valence-corrected chi connectivity index (χ0v) is 10.7. The van der Waals surface area contributed by atoms with Gasteiger partial charge in [0.2, 0.25) is 0 Å². The van der Waals surface area contributed by atoms with Crippen molar-refractivity contribution in [1.82, 2.24) is 4.98 Å². The Kier molecular flexibility index (Phi) is 2.87. The fourth-order valence-corrected chi connectivity index (χ4v) is 2.74. The number of pyridine rings is 1. The monoisotopic (exact) mass is 236 g/mol. The van der Waals surface area contributed by atoms with E-state index in [0.29, 0.717) is 25.3 Å². The van der Waals surface area contributed by atoms with E-state index in [1.165, 1.54) is 0 Å². The number of ether oxygens (including phenoxy) is 1. The average molecular weight is 236 g/mol. The summed E-state index contributed by atoms with van der Waals surface area (Å²) in [5, 5.41) is 10.8. The standard InChI is InChI=1S/C13H20N2O2/c1-9-4-6-15-11(14)10(9)13(16)5-7-17-12(2,3)8-13/h4,6,16H,5,7-8H2,1-3H3,(H2,14,15). The van der Waals surface area contributed by atoms with Gasteiger partial charge in [0.15, 0.2) is 0 Å². The van der Waals surface area contributed by atoms with Gasteiger partial charge in [-0.2, -0.15) is 0 Å². The summed E-state index contributed by atoms with van der Waals surface area (Å²) < 4.78 is 5.64. The molecule has 1 aromatic rings. The van der Waals surface area contributed by atoms with Gasteiger partial charge in [0.25, 0.3) is 0 Å². The van der Waals surface area contributed by atoms with Gasteiger partial charge in [0.1, 0.15) is 5.82 Å². The molecule has 0 saturated carbocycles. The number of aliphatic hydroxyl groups is 1. The van der Waals surface area contributed by atoms with E-state index in [9.17, 15) is 5.11 Å². The van der Waals surface area contributed by atoms with Crippen molar-refractivity contribution >= 4 is 5.82 Å². The van der Waals surface area contributed by atoms with Crippen LogP contribution in [0.2, 0.25) is 0 Å². The number of nitrogens with zero attached hydrogens (tertiary/aromatic N) is 1. The molecule has 4 heteroatoms. The Morgan fingerprint density at radius 2 is 2.18 bits per heavy atom. The Bertz CT molecular complexity index is 411. The first-order valence-corrected chi connectivity index (χ1v) is 5.92. The zero-order chi connectivity index (χ0) is 12.7. The number of anilines is 1. The average Bonchev–Trinajstić information content (AvgIpc) is 2.14. The number of hydrogen-bond donors (Lipinski definition) is 2. The van der Waals surface area contributed by atoms with Crippen molar-refractivity contribution in [1.29, 1.82) is 0 Å². The van der Waals surface area contributed by atoms with E-state index in [1.54, 1.807) is 6.20 Å². The molecule has 2 rings (SSSR count). The third-order valence-corrected chi connectivity index (χ3v) is 3.38. The number of hydrogen-bond acceptors (Lipinski definition) is 4. The van der Waals surface area contributed by atoms with Crippen molar-refractivity contribution in [2.24, 2.45) is 0 Å². The second kappa shape index (κ2) is 3.96. The minimum absolute atomic E-state index is 0.332. The molecule has 0 bridgehead atoms. The number of aryl methyl sites for hydroxylation is 1. The van der Waals surface area contributed by atoms with Crippen molar-refractivity contribution in [3.8, 4) is 0 Å². The van der Waals surface area contributed by atoms with Crippen LogP contribution < -0.4 is 5.73 Å². The van der Waals surface area contributed by atoms with Crippen LogP contribution in [0.15, 0.2) is 12.3 Å². The Labute approximate surface area is 102 Å². The molecule has 1 aliphatic heterocycles. The molecule has 1 aliphatic rings. The van der Waals surface area contributed by atoms with Crippen molar-refractivity contribution < 1.29 is 9.84 Å². The number of rotatable bonds is 1. The smallest absolute Gasteiger partial charge is 0.129 e. The highest BCUT2D eigenvalue weighted by Gasteiger charge is 2.42. The molecule has 4 nitrogen and oxygen atoms in total. The quantitative estimate of drug-likeness (QED) is 0.779. The van der Waals surface area contributed by atoms with Crippen molar-refractivity contribution in [3.63, 3.8) is 0 Å². The maximum Gasteiger partial charge on any atom is 0.129 e. The van der Waals surface area contributed by atoms with E-state index in [-0.39, 0.29) is 5.60 Å². The van der Waals surface area contributed by atoms with Crippen LogP contribution in [-0.4, -0.2) is 22.3 Å². The first-order valence-electron chi connectivity index (χ1n) is 5.92. The highest BCUT2D eigenvalue weighted by atomic mass is 16.5. The third-order valence-electron chi connectivity index (χ3n) is 3.38. The van der Waals surface area contributed by atoms with Gasteiger partial charge in [-0.15, -0.1) is 0 Å². The zero-order valence-electron chi connectivity index (χ0n) is 10.7. The molecule has 1 saturated heterocycles. The van der Waals surface area contributed by atoms with Gasteiger partial charge in [-0.05, 0) is 32.4 Å². The molecular formula is C13H20N2O2. The van der Waals surface area contributed by atoms with Gasteiger partial charge < -0.3 is 15.6 Å². The molecule has 0 radical (unpaired) electrons. The summed E-state index contributed by atoms with van der Waals surface area (Å²) >= 11 is 0. The van der Waals surface area contributed by atoms with Gasteiger partial charge in [-0.25, -0.2) is 4.98 Å². The van der Waals surface area contributed by atoms with E-state index in [1.807, 2.05) is 26.8 Å². The van der Waals surface area contributed by atoms with Crippen LogP contribution >= 0.6 is 0 Å². The first-order chi connectivity index (χ1) is 7.84. The molecule has 1 atom stereocenters. The molecule has 17 heavy (non-hydrogen) atoms. The van der Waals surface area contributed by atoms with E-state index in [4.69, 9.17) is 10.5 Å². The summed E-state index contributed by atoms with van der Waals surface area (Å²) in [6, 6.07) is 1.88. The normalized spacial score (nSPS) is 28.0. The van der Waals surface area contributed by atoms with Crippen LogP contribution in [0.25, 0.3) is 0 Å². The predicted molar refractivity (Wildman–Crippen MR) is 66.5 cm³/mol. The lowest BCUT2D eigenvalue weighted by atomic mass is 9.78. The van der Waals surface area contributed by atoms with E-state index >= 15 is 0 Å². The molecule has 0 aromatic carbocycles. The van der Waals surface area contributed by atoms with E-state index in [0.717, 1.165) is 11.1 Å². The van der Waals surface area contributed by atoms with Gasteiger partial charge in [-0.3, -0.25) is 0 Å². The maximum absolute atomic E-state index is 10.8. The Morgan fingerprint density at radius 1 is 1.47 bits per heavy atom. The molecule has 2 heterocycles. The molecular weight excluding hydrogens is 216 g/mol. The highest BCUT2D eigenvalue weighted by Crippen LogP contribution is 2.42. The topological polar surface area (TPSA) is 68.4 Å². The van der Waals surface area contributed by atoms with Crippen LogP contribution in [-0.2, 0) is 10.3 Å². The van der Waals surface area contributed by atoms with E-state index in [2.05, 4.69) is 4.98 Å². The molecule has 1 unspecified atom stereocenters. The molecule has 0 spiro atoms. The highest BCUT2D eigenvalue weighted by molar-refractivity contribution is 5.48. The van der Waals surface area contributed by atoms with Gasteiger partial charge >= 0.3 is 0 Å². The SMILES string of the molecule is Cc1ccnc(N)c1C1(O)CCOC(C)(C)C1. The maximum atomic E-state index is 10.8. The van der Waals surface area contributed by atoms with Crippen LogP contribution in [0, 0.1) is 6.92 Å². The molecule has 1 aromatic heterocycles. The summed E-state index contributed by atoms with van der Waals surface area (Å²) in [5.41, 5.74) is 6.40. The molecule has 1 fully saturated rings. The lowest BCUT2D eigenvalue weighted by Gasteiger charge is -2.42. The summed E-state index contributed by atoms with van der Waals surface area (Å²) in [5.74, 6) is 0.421. The van der Waals surface area contributed by atoms with E-state index < -0.39 is 5.60 Å². The molecule has 3 N–H and O–H groups in total. The minimum Gasteiger partial charge on any atom is -0.385 e. The number of nitrogens with two attached hydrogens (primary N) is 1.